The lowest BCUT2D eigenvalue weighted by atomic mass is 11.8. The van der Waals surface area contributed by atoms with Gasteiger partial charge in [-0.3, -0.25) is 4.57 Å². The van der Waals surface area contributed by atoms with Crippen molar-refractivity contribution >= 4 is 67.2 Å². The molecule has 0 fully saturated rings. The molecule has 0 aromatic carbocycles. The van der Waals surface area contributed by atoms with Crippen LogP contribution in [-0.4, -0.2) is 13.3 Å². The summed E-state index contributed by atoms with van der Waals surface area (Å²) in [6.45, 7) is 0. The lowest BCUT2D eigenvalue weighted by molar-refractivity contribution is 0.373. The van der Waals surface area contributed by atoms with Gasteiger partial charge in [0.25, 0.3) is 3.53 Å². The van der Waals surface area contributed by atoms with Crippen molar-refractivity contribution in [3.05, 3.63) is 0 Å². The number of rotatable bonds is 0. The topological polar surface area (TPSA) is 57.5 Å². The van der Waals surface area contributed by atoms with Crippen molar-refractivity contribution in [1.82, 2.24) is 0 Å². The second-order valence-corrected chi connectivity index (χ2v) is 5.84. The molecule has 66 valence electrons. The third-order valence-corrected chi connectivity index (χ3v) is 2.97. The minimum atomic E-state index is -4.55. The minimum absolute atomic E-state index is 0. The van der Waals surface area contributed by atoms with Crippen LogP contribution in [0.25, 0.3) is 0 Å². The average Bonchev–Trinajstić information content (AvgIpc) is 1.25. The van der Waals surface area contributed by atoms with Crippen molar-refractivity contribution in [2.75, 3.05) is 0 Å². The van der Waals surface area contributed by atoms with E-state index in [2.05, 4.69) is 0 Å². The zero-order valence-electron chi connectivity index (χ0n) is 4.20. The Bertz CT molecular complexity index is 123. The van der Waals surface area contributed by atoms with Gasteiger partial charge in [-0.2, -0.15) is 0 Å². The SMILES string of the molecule is Cl.Cl.O=P(O)(O)C(Cl)(Cl)Cl. The summed E-state index contributed by atoms with van der Waals surface area (Å²) >= 11 is 14.3. The Morgan fingerprint density at radius 3 is 1.20 bits per heavy atom. The molecule has 0 spiro atoms. The highest BCUT2D eigenvalue weighted by Gasteiger charge is 2.41. The maximum Gasteiger partial charge on any atom is 0.376 e. The van der Waals surface area contributed by atoms with Crippen LogP contribution in [0.15, 0.2) is 0 Å². The molecule has 9 heteroatoms. The highest BCUT2D eigenvalue weighted by molar-refractivity contribution is 7.61. The summed E-state index contributed by atoms with van der Waals surface area (Å²) in [5.41, 5.74) is 0. The fourth-order valence-corrected chi connectivity index (χ4v) is 0. The normalized spacial score (nSPS) is 11.3. The molecule has 0 saturated carbocycles. The van der Waals surface area contributed by atoms with Crippen LogP contribution < -0.4 is 0 Å². The highest BCUT2D eigenvalue weighted by atomic mass is 35.6. The maximum atomic E-state index is 9.95. The molecule has 2 N–H and O–H groups in total. The van der Waals surface area contributed by atoms with E-state index in [9.17, 15) is 4.57 Å². The smallest absolute Gasteiger partial charge is 0.321 e. The van der Waals surface area contributed by atoms with Gasteiger partial charge in [-0.25, -0.2) is 0 Å². The van der Waals surface area contributed by atoms with Crippen molar-refractivity contribution in [3.63, 3.8) is 0 Å². The molecular weight excluding hydrogens is 268 g/mol. The Balaban J connectivity index is -0.000000245. The van der Waals surface area contributed by atoms with Gasteiger partial charge in [0, 0.05) is 0 Å². The van der Waals surface area contributed by atoms with E-state index < -0.39 is 11.1 Å². The largest absolute Gasteiger partial charge is 0.376 e. The minimum Gasteiger partial charge on any atom is -0.321 e. The number of hydrogen-bond acceptors (Lipinski definition) is 1. The number of halogens is 5. The summed E-state index contributed by atoms with van der Waals surface area (Å²) in [5.74, 6) is 0. The van der Waals surface area contributed by atoms with Crippen LogP contribution in [0.4, 0.5) is 0 Å². The van der Waals surface area contributed by atoms with Gasteiger partial charge in [-0.05, 0) is 0 Å². The second kappa shape index (κ2) is 5.28. The predicted molar refractivity (Wildman–Crippen MR) is 46.8 cm³/mol. The average molecular weight is 272 g/mol. The molecule has 0 bridgehead atoms. The van der Waals surface area contributed by atoms with Gasteiger partial charge < -0.3 is 9.79 Å². The van der Waals surface area contributed by atoms with Crippen molar-refractivity contribution in [2.45, 2.75) is 3.53 Å². The molecule has 0 heterocycles. The fourth-order valence-electron chi connectivity index (χ4n) is 0. The lowest BCUT2D eigenvalue weighted by Gasteiger charge is -2.10. The maximum absolute atomic E-state index is 9.95. The first-order valence-electron chi connectivity index (χ1n) is 1.37. The number of alkyl halides is 3. The monoisotopic (exact) mass is 270 g/mol. The summed E-state index contributed by atoms with van der Waals surface area (Å²) in [7, 11) is -4.55. The summed E-state index contributed by atoms with van der Waals surface area (Å²) < 4.78 is 7.47. The fraction of sp³-hybridized carbons (Fsp3) is 1.00. The first-order chi connectivity index (χ1) is 3.25. The van der Waals surface area contributed by atoms with Crippen LogP contribution in [0.2, 0.25) is 0 Å². The van der Waals surface area contributed by atoms with Crippen molar-refractivity contribution in [1.29, 1.82) is 0 Å². The van der Waals surface area contributed by atoms with E-state index in [1.165, 1.54) is 0 Å². The summed E-state index contributed by atoms with van der Waals surface area (Å²) in [4.78, 5) is 16.1. The molecule has 3 nitrogen and oxygen atoms in total. The van der Waals surface area contributed by atoms with E-state index in [4.69, 9.17) is 44.6 Å². The first kappa shape index (κ1) is 17.6. The van der Waals surface area contributed by atoms with E-state index in [-0.39, 0.29) is 24.8 Å². The quantitative estimate of drug-likeness (QED) is 0.525. The Morgan fingerprint density at radius 2 is 1.20 bits per heavy atom. The third-order valence-electron chi connectivity index (χ3n) is 0.330. The van der Waals surface area contributed by atoms with Gasteiger partial charge in [0.15, 0.2) is 0 Å². The number of hydrogen-bond donors (Lipinski definition) is 2. The molecule has 0 aromatic heterocycles. The van der Waals surface area contributed by atoms with Crippen molar-refractivity contribution in [2.24, 2.45) is 0 Å². The van der Waals surface area contributed by atoms with Gasteiger partial charge in [0.1, 0.15) is 0 Å². The van der Waals surface area contributed by atoms with Crippen LogP contribution in [0, 0.1) is 0 Å². The highest BCUT2D eigenvalue weighted by Crippen LogP contribution is 2.58. The first-order valence-corrected chi connectivity index (χ1v) is 4.12. The van der Waals surface area contributed by atoms with Crippen LogP contribution in [0.1, 0.15) is 0 Å². The molecule has 10 heavy (non-hydrogen) atoms. The van der Waals surface area contributed by atoms with E-state index in [0.717, 1.165) is 0 Å². The Labute approximate surface area is 85.0 Å². The molecule has 0 amide bonds. The van der Waals surface area contributed by atoms with Crippen LogP contribution >= 0.6 is 67.2 Å². The molecule has 0 saturated heterocycles. The van der Waals surface area contributed by atoms with E-state index in [1.54, 1.807) is 0 Å². The van der Waals surface area contributed by atoms with Crippen molar-refractivity contribution < 1.29 is 14.4 Å². The van der Waals surface area contributed by atoms with Gasteiger partial charge >= 0.3 is 7.60 Å². The molecule has 0 radical (unpaired) electrons. The van der Waals surface area contributed by atoms with Crippen LogP contribution in [0.5, 0.6) is 0 Å². The van der Waals surface area contributed by atoms with Gasteiger partial charge in [0.05, 0.1) is 0 Å². The third kappa shape index (κ3) is 6.32. The molecule has 0 aliphatic rings. The summed E-state index contributed by atoms with van der Waals surface area (Å²) in [6.07, 6.45) is 0. The zero-order valence-corrected chi connectivity index (χ0v) is 9.00. The molecule has 0 aromatic rings. The van der Waals surface area contributed by atoms with Crippen LogP contribution in [-0.2, 0) is 4.57 Å². The molecule has 0 rings (SSSR count). The van der Waals surface area contributed by atoms with E-state index in [1.807, 2.05) is 0 Å². The molecule has 0 aliphatic carbocycles. The van der Waals surface area contributed by atoms with Gasteiger partial charge in [-0.1, -0.05) is 34.8 Å². The van der Waals surface area contributed by atoms with Crippen LogP contribution in [0.3, 0.4) is 0 Å². The predicted octanol–water partition coefficient (Wildman–Crippen LogP) is 2.34. The van der Waals surface area contributed by atoms with E-state index in [0.29, 0.717) is 0 Å². The molecular formula is CH4Cl5O3P. The Hall–Kier alpha value is 1.60. The zero-order chi connectivity index (χ0) is 7.00. The van der Waals surface area contributed by atoms with E-state index >= 15 is 0 Å². The standard InChI is InChI=1S/CH2Cl3O3P.2ClH/c2-1(3,4)8(5,6)7;;/h(H2,5,6,7);2*1H. The van der Waals surface area contributed by atoms with Crippen molar-refractivity contribution in [3.8, 4) is 0 Å². The van der Waals surface area contributed by atoms with Gasteiger partial charge in [0.2, 0.25) is 0 Å². The molecule has 0 unspecified atom stereocenters. The Kier molecular flexibility index (Phi) is 9.31. The lowest BCUT2D eigenvalue weighted by Crippen LogP contribution is -2.01. The van der Waals surface area contributed by atoms with Gasteiger partial charge in [-0.15, -0.1) is 24.8 Å². The summed E-state index contributed by atoms with van der Waals surface area (Å²) in [5, 5.41) is 0. The second-order valence-electron chi connectivity index (χ2n) is 1.01. The summed E-state index contributed by atoms with van der Waals surface area (Å²) in [6, 6.07) is 0. The molecule has 0 aliphatic heterocycles. The Morgan fingerprint density at radius 1 is 1.10 bits per heavy atom. The molecule has 0 atom stereocenters.